The number of nitrogens with zero attached hydrogens (tertiary/aromatic N) is 1. The minimum absolute atomic E-state index is 0. The van der Waals surface area contributed by atoms with Gasteiger partial charge in [0.05, 0.1) is 4.90 Å². The molecule has 4 rings (SSSR count). The fourth-order valence-electron chi connectivity index (χ4n) is 4.71. The second kappa shape index (κ2) is 9.77. The summed E-state index contributed by atoms with van der Waals surface area (Å²) in [6, 6.07) is 7.50. The summed E-state index contributed by atoms with van der Waals surface area (Å²) in [5, 5.41) is 9.90. The second-order valence-electron chi connectivity index (χ2n) is 8.56. The van der Waals surface area contributed by atoms with Crippen LogP contribution in [0.3, 0.4) is 0 Å². The van der Waals surface area contributed by atoms with Crippen LogP contribution in [0.2, 0.25) is 0 Å². The molecule has 9 heteroatoms. The van der Waals surface area contributed by atoms with Gasteiger partial charge in [-0.25, -0.2) is 13.9 Å². The van der Waals surface area contributed by atoms with Crippen LogP contribution in [0.25, 0.3) is 0 Å². The molecule has 1 aromatic carbocycles. The summed E-state index contributed by atoms with van der Waals surface area (Å²) in [7, 11) is -3.92. The molecule has 0 aromatic heterocycles. The van der Waals surface area contributed by atoms with E-state index >= 15 is 0 Å². The molecule has 30 heavy (non-hydrogen) atoms. The average Bonchev–Trinajstić information content (AvgIpc) is 3.60. The molecule has 0 atom stereocenters. The van der Waals surface area contributed by atoms with Crippen molar-refractivity contribution in [3.8, 4) is 0 Å². The number of amides is 1. The highest BCUT2D eigenvalue weighted by Gasteiger charge is 2.53. The first-order valence-electron chi connectivity index (χ1n) is 10.7. The zero-order valence-corrected chi connectivity index (χ0v) is 19.5. The lowest BCUT2D eigenvalue weighted by Gasteiger charge is -2.39. The summed E-state index contributed by atoms with van der Waals surface area (Å²) >= 11 is 1.82. The molecule has 2 aliphatic carbocycles. The van der Waals surface area contributed by atoms with E-state index in [9.17, 15) is 18.4 Å². The van der Waals surface area contributed by atoms with Crippen LogP contribution in [0.5, 0.6) is 0 Å². The Kier molecular flexibility index (Phi) is 7.77. The monoisotopic (exact) mass is 474 g/mol. The number of carbonyl (C=O) groups excluding carboxylic acids is 1. The van der Waals surface area contributed by atoms with Crippen LogP contribution < -0.4 is 5.48 Å². The van der Waals surface area contributed by atoms with Gasteiger partial charge in [-0.1, -0.05) is 19.3 Å². The van der Waals surface area contributed by atoms with E-state index in [2.05, 4.69) is 4.90 Å². The maximum Gasteiger partial charge on any atom is 0.265 e. The summed E-state index contributed by atoms with van der Waals surface area (Å²) in [6.07, 6.45) is 8.96. The van der Waals surface area contributed by atoms with Gasteiger partial charge in [-0.2, -0.15) is 0 Å². The third kappa shape index (κ3) is 4.67. The third-order valence-corrected chi connectivity index (χ3v) is 10.6. The molecule has 2 N–H and O–H groups in total. The van der Waals surface area contributed by atoms with E-state index in [0.29, 0.717) is 24.4 Å². The lowest BCUT2D eigenvalue weighted by Crippen LogP contribution is -2.58. The van der Waals surface area contributed by atoms with Crippen molar-refractivity contribution >= 4 is 39.9 Å². The van der Waals surface area contributed by atoms with Crippen molar-refractivity contribution in [1.29, 1.82) is 0 Å². The predicted molar refractivity (Wildman–Crippen MR) is 120 cm³/mol. The molecular weight excluding hydrogens is 444 g/mol. The summed E-state index contributed by atoms with van der Waals surface area (Å²) < 4.78 is 25.4. The Labute approximate surface area is 189 Å². The van der Waals surface area contributed by atoms with E-state index in [1.807, 2.05) is 23.9 Å². The number of hydrogen-bond donors (Lipinski definition) is 2. The van der Waals surface area contributed by atoms with Gasteiger partial charge in [0.2, 0.25) is 0 Å². The van der Waals surface area contributed by atoms with Gasteiger partial charge in [0.1, 0.15) is 0 Å². The van der Waals surface area contributed by atoms with Crippen LogP contribution in [0, 0.1) is 0 Å². The number of sulfone groups is 1. The lowest BCUT2D eigenvalue weighted by atomic mass is 9.94. The quantitative estimate of drug-likeness (QED) is 0.481. The smallest absolute Gasteiger partial charge is 0.265 e. The van der Waals surface area contributed by atoms with E-state index < -0.39 is 20.5 Å². The largest absolute Gasteiger partial charge is 0.300 e. The molecule has 0 radical (unpaired) electrons. The zero-order chi connectivity index (χ0) is 20.5. The van der Waals surface area contributed by atoms with Crippen LogP contribution >= 0.6 is 24.2 Å². The first-order chi connectivity index (χ1) is 14.0. The maximum atomic E-state index is 13.5. The summed E-state index contributed by atoms with van der Waals surface area (Å²) in [5.74, 6) is -0.811. The molecule has 1 aromatic rings. The van der Waals surface area contributed by atoms with Crippen LogP contribution in [-0.2, 0) is 14.6 Å². The Morgan fingerprint density at radius 2 is 1.63 bits per heavy atom. The van der Waals surface area contributed by atoms with Gasteiger partial charge in [-0.3, -0.25) is 10.0 Å². The Bertz CT molecular complexity index is 829. The van der Waals surface area contributed by atoms with Crippen LogP contribution in [0.4, 0.5) is 0 Å². The van der Waals surface area contributed by atoms with Gasteiger partial charge < -0.3 is 4.90 Å². The van der Waals surface area contributed by atoms with E-state index in [0.717, 1.165) is 17.7 Å². The van der Waals surface area contributed by atoms with Crippen molar-refractivity contribution in [3.63, 3.8) is 0 Å². The molecule has 6 nitrogen and oxygen atoms in total. The van der Waals surface area contributed by atoms with Crippen molar-refractivity contribution < 1.29 is 18.4 Å². The molecule has 1 aliphatic heterocycles. The number of nitrogens with one attached hydrogen (secondary N) is 1. The first-order valence-corrected chi connectivity index (χ1v) is 13.0. The summed E-state index contributed by atoms with van der Waals surface area (Å²) in [4.78, 5) is 16.1. The fraction of sp³-hybridized carbons (Fsp3) is 0.667. The molecule has 1 saturated heterocycles. The highest BCUT2D eigenvalue weighted by Crippen LogP contribution is 2.40. The number of hydrogen-bond acceptors (Lipinski definition) is 6. The fourth-order valence-corrected chi connectivity index (χ4v) is 7.91. The third-order valence-electron chi connectivity index (χ3n) is 6.69. The first kappa shape index (κ1) is 23.9. The normalized spacial score (nSPS) is 22.8. The number of carbonyl (C=O) groups is 1. The van der Waals surface area contributed by atoms with Crippen LogP contribution in [0.15, 0.2) is 34.1 Å². The summed E-state index contributed by atoms with van der Waals surface area (Å²) in [6.45, 7) is 1.12. The van der Waals surface area contributed by atoms with Crippen molar-refractivity contribution in [2.75, 3.05) is 13.1 Å². The number of hydroxylamine groups is 1. The predicted octanol–water partition coefficient (Wildman–Crippen LogP) is 3.81. The van der Waals surface area contributed by atoms with E-state index in [1.54, 1.807) is 17.6 Å². The molecule has 3 aliphatic rings. The van der Waals surface area contributed by atoms with Gasteiger partial charge in [0.15, 0.2) is 14.6 Å². The lowest BCUT2D eigenvalue weighted by molar-refractivity contribution is -0.133. The van der Waals surface area contributed by atoms with Gasteiger partial charge in [-0.05, 0) is 62.8 Å². The molecule has 168 valence electrons. The van der Waals surface area contributed by atoms with Crippen LogP contribution in [0.1, 0.15) is 57.8 Å². The number of likely N-dealkylation sites (tertiary alicyclic amines) is 1. The number of halogens is 1. The standard InChI is InChI=1S/C21H30N2O4S2.ClH/c24-20(22-25)21(12-14-23(15-13-21)16-6-7-16)29(26,27)19-10-8-18(9-11-19)28-17-4-2-1-3-5-17;/h8-11,16-17,25H,1-7,12-15H2,(H,22,24);1H. The average molecular weight is 475 g/mol. The number of rotatable bonds is 6. The van der Waals surface area contributed by atoms with Crippen molar-refractivity contribution in [2.45, 2.75) is 83.6 Å². The topological polar surface area (TPSA) is 86.7 Å². The van der Waals surface area contributed by atoms with E-state index in [4.69, 9.17) is 0 Å². The maximum absolute atomic E-state index is 13.5. The number of thioether (sulfide) groups is 1. The number of benzene rings is 1. The molecule has 0 spiro atoms. The van der Waals surface area contributed by atoms with Crippen molar-refractivity contribution in [1.82, 2.24) is 10.4 Å². The van der Waals surface area contributed by atoms with Crippen molar-refractivity contribution in [3.05, 3.63) is 24.3 Å². The second-order valence-corrected chi connectivity index (χ2v) is 12.2. The van der Waals surface area contributed by atoms with E-state index in [1.165, 1.54) is 32.1 Å². The minimum Gasteiger partial charge on any atom is -0.300 e. The van der Waals surface area contributed by atoms with E-state index in [-0.39, 0.29) is 30.1 Å². The SMILES string of the molecule is Cl.O=C(NO)C1(S(=O)(=O)c2ccc(SC3CCCCC3)cc2)CCN(C2CC2)CC1. The Morgan fingerprint density at radius 3 is 2.17 bits per heavy atom. The Morgan fingerprint density at radius 1 is 1.03 bits per heavy atom. The minimum atomic E-state index is -3.92. The molecular formula is C21H31ClN2O4S2. The molecule has 2 saturated carbocycles. The Balaban J connectivity index is 0.00000256. The van der Waals surface area contributed by atoms with Crippen molar-refractivity contribution in [2.24, 2.45) is 0 Å². The molecule has 0 bridgehead atoms. The Hall–Kier alpha value is -0.800. The number of piperidine rings is 1. The molecule has 3 fully saturated rings. The highest BCUT2D eigenvalue weighted by molar-refractivity contribution is 8.00. The highest BCUT2D eigenvalue weighted by atomic mass is 35.5. The van der Waals surface area contributed by atoms with Crippen LogP contribution in [-0.4, -0.2) is 53.6 Å². The van der Waals surface area contributed by atoms with Gasteiger partial charge in [0, 0.05) is 29.3 Å². The molecule has 1 amide bonds. The van der Waals surface area contributed by atoms with Gasteiger partial charge in [0.25, 0.3) is 5.91 Å². The molecule has 0 unspecified atom stereocenters. The molecule has 1 heterocycles. The zero-order valence-electron chi connectivity index (χ0n) is 17.1. The van der Waals surface area contributed by atoms with Gasteiger partial charge in [-0.15, -0.1) is 24.2 Å². The summed E-state index contributed by atoms with van der Waals surface area (Å²) in [5.41, 5.74) is 1.64. The van der Waals surface area contributed by atoms with Gasteiger partial charge >= 0.3 is 0 Å².